The van der Waals surface area contributed by atoms with Crippen molar-refractivity contribution < 1.29 is 17.9 Å². The van der Waals surface area contributed by atoms with Crippen molar-refractivity contribution in [3.8, 4) is 0 Å². The van der Waals surface area contributed by atoms with Crippen LogP contribution in [0.2, 0.25) is 0 Å². The second-order valence-electron chi connectivity index (χ2n) is 7.47. The number of aryl methyl sites for hydroxylation is 2. The minimum atomic E-state index is -3.56. The van der Waals surface area contributed by atoms with E-state index in [2.05, 4.69) is 4.98 Å². The Morgan fingerprint density at radius 2 is 1.87 bits per heavy atom. The number of sulfonamides is 1. The molecule has 0 N–H and O–H groups in total. The lowest BCUT2D eigenvalue weighted by Crippen LogP contribution is -2.22. The first-order valence-corrected chi connectivity index (χ1v) is 11.5. The van der Waals surface area contributed by atoms with Crippen LogP contribution in [-0.4, -0.2) is 42.3 Å². The van der Waals surface area contributed by atoms with Crippen LogP contribution >= 0.6 is 0 Å². The van der Waals surface area contributed by atoms with E-state index in [0.717, 1.165) is 23.1 Å². The molecule has 3 aromatic rings. The van der Waals surface area contributed by atoms with E-state index < -0.39 is 16.0 Å². The molecular formula is C23H27N3O4S. The van der Waals surface area contributed by atoms with E-state index in [1.165, 1.54) is 24.5 Å². The highest BCUT2D eigenvalue weighted by atomic mass is 32.2. The van der Waals surface area contributed by atoms with E-state index in [0.29, 0.717) is 17.9 Å². The number of fused-ring (bicyclic) bond motifs is 1. The molecule has 0 bridgehead atoms. The molecule has 0 unspecified atom stereocenters. The number of hydrogen-bond donors (Lipinski definition) is 0. The fourth-order valence-electron chi connectivity index (χ4n) is 3.14. The van der Waals surface area contributed by atoms with Crippen molar-refractivity contribution in [1.29, 1.82) is 0 Å². The van der Waals surface area contributed by atoms with Crippen molar-refractivity contribution in [1.82, 2.24) is 13.9 Å². The molecule has 0 saturated carbocycles. The summed E-state index contributed by atoms with van der Waals surface area (Å²) < 4.78 is 33.4. The number of ether oxygens (including phenoxy) is 1. The molecule has 0 saturated heterocycles. The second-order valence-corrected chi connectivity index (χ2v) is 9.62. The molecule has 0 aliphatic rings. The Bertz CT molecular complexity index is 1210. The number of aromatic nitrogens is 2. The molecule has 0 fully saturated rings. The lowest BCUT2D eigenvalue weighted by atomic mass is 10.1. The van der Waals surface area contributed by atoms with Crippen LogP contribution in [-0.2, 0) is 32.7 Å². The lowest BCUT2D eigenvalue weighted by Gasteiger charge is -2.11. The summed E-state index contributed by atoms with van der Waals surface area (Å²) in [6.45, 7) is 4.73. The third-order valence-corrected chi connectivity index (χ3v) is 6.67. The highest BCUT2D eigenvalue weighted by Gasteiger charge is 2.20. The van der Waals surface area contributed by atoms with E-state index in [4.69, 9.17) is 4.74 Å². The first kappa shape index (κ1) is 22.7. The van der Waals surface area contributed by atoms with Crippen LogP contribution in [0.1, 0.15) is 30.3 Å². The summed E-state index contributed by atoms with van der Waals surface area (Å²) in [5, 5.41) is 0. The lowest BCUT2D eigenvalue weighted by molar-refractivity contribution is -0.139. The van der Waals surface area contributed by atoms with Crippen molar-refractivity contribution in [2.24, 2.45) is 0 Å². The van der Waals surface area contributed by atoms with E-state index in [1.807, 2.05) is 42.7 Å². The molecule has 1 aromatic heterocycles. The molecule has 7 nitrogen and oxygen atoms in total. The molecule has 8 heteroatoms. The largest absolute Gasteiger partial charge is 0.454 e. The van der Waals surface area contributed by atoms with Gasteiger partial charge in [0.1, 0.15) is 12.4 Å². The van der Waals surface area contributed by atoms with E-state index >= 15 is 0 Å². The number of carbonyl (C=O) groups is 1. The Balaban J connectivity index is 1.81. The molecule has 0 spiro atoms. The molecule has 1 heterocycles. The maximum absolute atomic E-state index is 12.4. The summed E-state index contributed by atoms with van der Waals surface area (Å²) in [4.78, 5) is 16.9. The van der Waals surface area contributed by atoms with Crippen LogP contribution in [0.3, 0.4) is 0 Å². The van der Waals surface area contributed by atoms with E-state index in [-0.39, 0.29) is 11.5 Å². The number of carbonyl (C=O) groups excluding carboxylic acids is 1. The Labute approximate surface area is 183 Å². The molecular weight excluding hydrogens is 414 g/mol. The molecule has 0 radical (unpaired) electrons. The molecule has 0 amide bonds. The Hall–Kier alpha value is -2.97. The van der Waals surface area contributed by atoms with Crippen molar-refractivity contribution in [2.75, 3.05) is 14.1 Å². The van der Waals surface area contributed by atoms with Crippen molar-refractivity contribution >= 4 is 33.1 Å². The molecule has 0 atom stereocenters. The SMILES string of the molecule is CCCn1c(COC(=O)/C=C/c2ccc(C)cc2)nc2cc(S(=O)(=O)N(C)C)ccc21. The van der Waals surface area contributed by atoms with Gasteiger partial charge in [0.2, 0.25) is 10.0 Å². The summed E-state index contributed by atoms with van der Waals surface area (Å²) >= 11 is 0. The number of benzene rings is 2. The first-order valence-electron chi connectivity index (χ1n) is 10.1. The van der Waals surface area contributed by atoms with Crippen LogP contribution in [0.4, 0.5) is 0 Å². The molecule has 0 aliphatic carbocycles. The minimum absolute atomic E-state index is 0.00150. The summed E-state index contributed by atoms with van der Waals surface area (Å²) in [6, 6.07) is 12.7. The van der Waals surface area contributed by atoms with Gasteiger partial charge in [0.25, 0.3) is 0 Å². The zero-order chi connectivity index (χ0) is 22.6. The predicted molar refractivity (Wildman–Crippen MR) is 121 cm³/mol. The quantitative estimate of drug-likeness (QED) is 0.393. The van der Waals surface area contributed by atoms with E-state index in [9.17, 15) is 13.2 Å². The number of rotatable bonds is 8. The van der Waals surface area contributed by atoms with Gasteiger partial charge in [-0.05, 0) is 43.2 Å². The molecule has 31 heavy (non-hydrogen) atoms. The topological polar surface area (TPSA) is 81.5 Å². The molecule has 3 rings (SSSR count). The van der Waals surface area contributed by atoms with Gasteiger partial charge in [-0.2, -0.15) is 0 Å². The van der Waals surface area contributed by atoms with Gasteiger partial charge in [-0.1, -0.05) is 36.8 Å². The van der Waals surface area contributed by atoms with E-state index in [1.54, 1.807) is 24.3 Å². The summed E-state index contributed by atoms with van der Waals surface area (Å²) in [6.07, 6.45) is 3.95. The van der Waals surface area contributed by atoms with Crippen molar-refractivity contribution in [3.05, 3.63) is 65.5 Å². The van der Waals surface area contributed by atoms with Crippen LogP contribution in [0, 0.1) is 6.92 Å². The summed E-state index contributed by atoms with van der Waals surface area (Å²) in [5.74, 6) is 0.111. The minimum Gasteiger partial charge on any atom is -0.454 e. The molecule has 0 aliphatic heterocycles. The smallest absolute Gasteiger partial charge is 0.331 e. The zero-order valence-electron chi connectivity index (χ0n) is 18.2. The Morgan fingerprint density at radius 3 is 2.52 bits per heavy atom. The fraction of sp³-hybridized carbons (Fsp3) is 0.304. The maximum atomic E-state index is 12.4. The van der Waals surface area contributed by atoms with Gasteiger partial charge in [0, 0.05) is 26.7 Å². The highest BCUT2D eigenvalue weighted by Crippen LogP contribution is 2.23. The van der Waals surface area contributed by atoms with Gasteiger partial charge in [-0.15, -0.1) is 0 Å². The Morgan fingerprint density at radius 1 is 1.16 bits per heavy atom. The van der Waals surface area contributed by atoms with Gasteiger partial charge in [-0.3, -0.25) is 0 Å². The molecule has 2 aromatic carbocycles. The highest BCUT2D eigenvalue weighted by molar-refractivity contribution is 7.89. The van der Waals surface area contributed by atoms with Crippen LogP contribution in [0.15, 0.2) is 53.4 Å². The fourth-order valence-corrected chi connectivity index (χ4v) is 4.06. The summed E-state index contributed by atoms with van der Waals surface area (Å²) in [7, 11) is -0.576. The van der Waals surface area contributed by atoms with Gasteiger partial charge >= 0.3 is 5.97 Å². The van der Waals surface area contributed by atoms with Gasteiger partial charge in [0.15, 0.2) is 0 Å². The van der Waals surface area contributed by atoms with Crippen LogP contribution in [0.5, 0.6) is 0 Å². The number of hydrogen-bond acceptors (Lipinski definition) is 5. The average Bonchev–Trinajstić information content (AvgIpc) is 3.08. The third-order valence-electron chi connectivity index (χ3n) is 4.86. The van der Waals surface area contributed by atoms with Gasteiger partial charge in [-0.25, -0.2) is 22.5 Å². The van der Waals surface area contributed by atoms with Gasteiger partial charge in [0.05, 0.1) is 15.9 Å². The first-order chi connectivity index (χ1) is 14.7. The second kappa shape index (κ2) is 9.45. The van der Waals surface area contributed by atoms with Gasteiger partial charge < -0.3 is 9.30 Å². The van der Waals surface area contributed by atoms with Crippen LogP contribution in [0.25, 0.3) is 17.1 Å². The number of esters is 1. The summed E-state index contributed by atoms with van der Waals surface area (Å²) in [5.41, 5.74) is 3.42. The zero-order valence-corrected chi connectivity index (χ0v) is 19.0. The standard InChI is InChI=1S/C23H27N3O4S/c1-5-14-26-21-12-11-19(31(28,29)25(3)4)15-20(21)24-22(26)16-30-23(27)13-10-18-8-6-17(2)7-9-18/h6-13,15H,5,14,16H2,1-4H3/b13-10+. The average molecular weight is 442 g/mol. The Kier molecular flexibility index (Phi) is 6.92. The van der Waals surface area contributed by atoms with Crippen molar-refractivity contribution in [3.63, 3.8) is 0 Å². The number of nitrogens with zero attached hydrogens (tertiary/aromatic N) is 3. The predicted octanol–water partition coefficient (Wildman–Crippen LogP) is 3.76. The third kappa shape index (κ3) is 5.21. The number of imidazole rings is 1. The maximum Gasteiger partial charge on any atom is 0.331 e. The van der Waals surface area contributed by atoms with Crippen molar-refractivity contribution in [2.45, 2.75) is 38.3 Å². The van der Waals surface area contributed by atoms with Crippen LogP contribution < -0.4 is 0 Å². The molecule has 164 valence electrons. The monoisotopic (exact) mass is 441 g/mol. The normalized spacial score (nSPS) is 12.2.